The van der Waals surface area contributed by atoms with Crippen LogP contribution in [0.3, 0.4) is 0 Å². The van der Waals surface area contributed by atoms with Crippen LogP contribution in [0.15, 0.2) is 73.2 Å². The quantitative estimate of drug-likeness (QED) is 0.230. The first-order chi connectivity index (χ1) is 20.3. The third-order valence-corrected chi connectivity index (χ3v) is 6.71. The minimum Gasteiger partial charge on any atom is -0.369 e. The summed E-state index contributed by atoms with van der Waals surface area (Å²) in [4.78, 5) is 38.8. The average Bonchev–Trinajstić information content (AvgIpc) is 2.98. The smallest absolute Gasteiger partial charge is 0.257 e. The van der Waals surface area contributed by atoms with Gasteiger partial charge in [0, 0.05) is 53.6 Å². The van der Waals surface area contributed by atoms with Crippen molar-refractivity contribution in [3.05, 3.63) is 90.0 Å². The van der Waals surface area contributed by atoms with E-state index in [2.05, 4.69) is 60.2 Å². The Morgan fingerprint density at radius 1 is 0.791 bits per heavy atom. The van der Waals surface area contributed by atoms with Crippen molar-refractivity contribution >= 4 is 23.3 Å². The maximum absolute atomic E-state index is 13.1. The Morgan fingerprint density at radius 3 is 2.12 bits per heavy atom. The van der Waals surface area contributed by atoms with Crippen molar-refractivity contribution < 1.29 is 14.3 Å². The van der Waals surface area contributed by atoms with Crippen molar-refractivity contribution in [1.82, 2.24) is 15.0 Å². The number of aryl methyl sites for hydroxylation is 1. The second-order valence-corrected chi connectivity index (χ2v) is 11.9. The SMILES string of the molecule is CCC.COC(C)(C)C(=O)Nc1cc(-c2cc(-c3cc(NC(=O)c4ccnc(C(C)(C)C)c4)ccc3C)ccn2)ccn1. The molecule has 226 valence electrons. The van der Waals surface area contributed by atoms with Gasteiger partial charge in [-0.05, 0) is 86.0 Å². The van der Waals surface area contributed by atoms with Gasteiger partial charge in [-0.1, -0.05) is 47.1 Å². The molecule has 0 aliphatic heterocycles. The largest absolute Gasteiger partial charge is 0.369 e. The number of anilines is 2. The molecular formula is C35H43N5O3. The molecule has 2 N–H and O–H groups in total. The highest BCUT2D eigenvalue weighted by Gasteiger charge is 2.27. The summed E-state index contributed by atoms with van der Waals surface area (Å²) in [5, 5.41) is 5.82. The fraction of sp³-hybridized carbons (Fsp3) is 0.343. The van der Waals surface area contributed by atoms with Crippen LogP contribution in [-0.4, -0.2) is 39.5 Å². The number of hydrogen-bond acceptors (Lipinski definition) is 6. The maximum atomic E-state index is 13.1. The van der Waals surface area contributed by atoms with E-state index in [1.807, 2.05) is 49.4 Å². The van der Waals surface area contributed by atoms with E-state index in [9.17, 15) is 9.59 Å². The molecule has 0 atom stereocenters. The summed E-state index contributed by atoms with van der Waals surface area (Å²) in [5.41, 5.74) is 5.45. The highest BCUT2D eigenvalue weighted by molar-refractivity contribution is 6.04. The van der Waals surface area contributed by atoms with Crippen molar-refractivity contribution in [2.45, 2.75) is 72.8 Å². The lowest BCUT2D eigenvalue weighted by Crippen LogP contribution is -2.39. The molecule has 0 bridgehead atoms. The lowest BCUT2D eigenvalue weighted by Gasteiger charge is -2.21. The molecule has 0 unspecified atom stereocenters. The van der Waals surface area contributed by atoms with Crippen molar-refractivity contribution in [2.75, 3.05) is 17.7 Å². The topological polar surface area (TPSA) is 106 Å². The first-order valence-electron chi connectivity index (χ1n) is 14.5. The van der Waals surface area contributed by atoms with Crippen LogP contribution in [0.1, 0.15) is 76.5 Å². The molecule has 0 saturated heterocycles. The number of amides is 2. The number of methoxy groups -OCH3 is 1. The lowest BCUT2D eigenvalue weighted by molar-refractivity contribution is -0.133. The van der Waals surface area contributed by atoms with Crippen LogP contribution >= 0.6 is 0 Å². The third-order valence-electron chi connectivity index (χ3n) is 6.71. The van der Waals surface area contributed by atoms with Crippen LogP contribution in [0.25, 0.3) is 22.4 Å². The molecule has 0 radical (unpaired) electrons. The fourth-order valence-electron chi connectivity index (χ4n) is 3.97. The Labute approximate surface area is 255 Å². The van der Waals surface area contributed by atoms with E-state index in [4.69, 9.17) is 4.74 Å². The molecule has 3 heterocycles. The molecular weight excluding hydrogens is 538 g/mol. The van der Waals surface area contributed by atoms with Crippen LogP contribution < -0.4 is 10.6 Å². The fourth-order valence-corrected chi connectivity index (χ4v) is 3.97. The summed E-state index contributed by atoms with van der Waals surface area (Å²) in [6, 6.07) is 16.9. The van der Waals surface area contributed by atoms with Gasteiger partial charge in [0.25, 0.3) is 11.8 Å². The number of nitrogens with zero attached hydrogens (tertiary/aromatic N) is 3. The van der Waals surface area contributed by atoms with E-state index >= 15 is 0 Å². The number of benzene rings is 1. The zero-order valence-electron chi connectivity index (χ0n) is 26.7. The van der Waals surface area contributed by atoms with E-state index in [0.29, 0.717) is 17.1 Å². The Bertz CT molecular complexity index is 1570. The predicted molar refractivity (Wildman–Crippen MR) is 174 cm³/mol. The van der Waals surface area contributed by atoms with Crippen LogP contribution in [0.4, 0.5) is 11.5 Å². The number of nitrogens with one attached hydrogen (secondary N) is 2. The van der Waals surface area contributed by atoms with E-state index < -0.39 is 5.60 Å². The summed E-state index contributed by atoms with van der Waals surface area (Å²) in [6.45, 7) is 15.9. The number of ether oxygens (including phenoxy) is 1. The number of pyridine rings is 3. The first kappa shape index (κ1) is 33.1. The second kappa shape index (κ2) is 14.2. The minimum absolute atomic E-state index is 0.159. The summed E-state index contributed by atoms with van der Waals surface area (Å²) in [6.07, 6.45) is 6.29. The van der Waals surface area contributed by atoms with Crippen LogP contribution in [0, 0.1) is 6.92 Å². The number of hydrogen-bond donors (Lipinski definition) is 2. The lowest BCUT2D eigenvalue weighted by atomic mass is 9.91. The zero-order valence-corrected chi connectivity index (χ0v) is 26.7. The van der Waals surface area contributed by atoms with Gasteiger partial charge in [0.15, 0.2) is 0 Å². The Hall–Kier alpha value is -4.43. The summed E-state index contributed by atoms with van der Waals surface area (Å²) >= 11 is 0. The first-order valence-corrected chi connectivity index (χ1v) is 14.5. The van der Waals surface area contributed by atoms with E-state index in [0.717, 1.165) is 33.6 Å². The van der Waals surface area contributed by atoms with Gasteiger partial charge in [0.2, 0.25) is 0 Å². The van der Waals surface area contributed by atoms with Gasteiger partial charge >= 0.3 is 0 Å². The van der Waals surface area contributed by atoms with Gasteiger partial charge in [-0.25, -0.2) is 4.98 Å². The van der Waals surface area contributed by atoms with Gasteiger partial charge in [0.1, 0.15) is 11.4 Å². The summed E-state index contributed by atoms with van der Waals surface area (Å²) < 4.78 is 5.26. The molecule has 8 heteroatoms. The van der Waals surface area contributed by atoms with Gasteiger partial charge in [-0.2, -0.15) is 0 Å². The Morgan fingerprint density at radius 2 is 1.44 bits per heavy atom. The minimum atomic E-state index is -0.986. The predicted octanol–water partition coefficient (Wildman–Crippen LogP) is 7.84. The number of carbonyl (C=O) groups excluding carboxylic acids is 2. The molecule has 0 fully saturated rings. The van der Waals surface area contributed by atoms with Crippen molar-refractivity contribution in [3.8, 4) is 22.4 Å². The molecule has 43 heavy (non-hydrogen) atoms. The average molecular weight is 582 g/mol. The summed E-state index contributed by atoms with van der Waals surface area (Å²) in [5.74, 6) is -0.0789. The highest BCUT2D eigenvalue weighted by Crippen LogP contribution is 2.30. The maximum Gasteiger partial charge on any atom is 0.257 e. The zero-order chi connectivity index (χ0) is 31.8. The van der Waals surface area contributed by atoms with Crippen molar-refractivity contribution in [2.24, 2.45) is 0 Å². The van der Waals surface area contributed by atoms with Gasteiger partial charge in [-0.15, -0.1) is 0 Å². The molecule has 8 nitrogen and oxygen atoms in total. The molecule has 2 amide bonds. The number of rotatable bonds is 7. The van der Waals surface area contributed by atoms with Crippen LogP contribution in [0.5, 0.6) is 0 Å². The molecule has 0 spiro atoms. The Kier molecular flexibility index (Phi) is 10.9. The van der Waals surface area contributed by atoms with Gasteiger partial charge in [-0.3, -0.25) is 19.6 Å². The normalized spacial score (nSPS) is 11.3. The number of aromatic nitrogens is 3. The molecule has 0 saturated carbocycles. The molecule has 4 aromatic rings. The molecule has 3 aromatic heterocycles. The number of carbonyl (C=O) groups is 2. The molecule has 0 aliphatic carbocycles. The third kappa shape index (κ3) is 8.78. The molecule has 4 rings (SSSR count). The van der Waals surface area contributed by atoms with Crippen LogP contribution in [-0.2, 0) is 14.9 Å². The van der Waals surface area contributed by atoms with E-state index in [1.54, 1.807) is 44.6 Å². The Balaban J connectivity index is 0.00000162. The second-order valence-electron chi connectivity index (χ2n) is 11.9. The molecule has 0 aliphatic rings. The van der Waals surface area contributed by atoms with Gasteiger partial charge < -0.3 is 15.4 Å². The van der Waals surface area contributed by atoms with E-state index in [-0.39, 0.29) is 17.2 Å². The van der Waals surface area contributed by atoms with Gasteiger partial charge in [0.05, 0.1) is 5.69 Å². The monoisotopic (exact) mass is 581 g/mol. The van der Waals surface area contributed by atoms with Crippen molar-refractivity contribution in [1.29, 1.82) is 0 Å². The highest BCUT2D eigenvalue weighted by atomic mass is 16.5. The van der Waals surface area contributed by atoms with E-state index in [1.165, 1.54) is 13.5 Å². The standard InChI is InChI=1S/C32H35N5O3.C3H8/c1-20-8-9-24(36-29(38)23-12-14-34-27(17-23)31(2,3)4)19-25(20)21-10-13-33-26(16-21)22-11-15-35-28(18-22)37-30(39)32(5,6)40-7;1-3-2/h8-19H,1-7H3,(H,36,38)(H,35,37,39);3H2,1-2H3. The summed E-state index contributed by atoms with van der Waals surface area (Å²) in [7, 11) is 1.49. The molecule has 1 aromatic carbocycles. The van der Waals surface area contributed by atoms with Crippen molar-refractivity contribution in [3.63, 3.8) is 0 Å². The van der Waals surface area contributed by atoms with Crippen LogP contribution in [0.2, 0.25) is 0 Å².